The molecule has 1 atom stereocenters. The smallest absolute Gasteiger partial charge is 0.0633 e. The van der Waals surface area contributed by atoms with Gasteiger partial charge in [0, 0.05) is 41.6 Å². The summed E-state index contributed by atoms with van der Waals surface area (Å²) in [7, 11) is 0. The highest BCUT2D eigenvalue weighted by Crippen LogP contribution is 2.59. The number of halogens is 5. The SMILES string of the molecule is Clc1cc2c(Cl)cc3c(Cl)cc4c(Cl)cc5c6c4c3c2c-6c1CC5Cl. The van der Waals surface area contributed by atoms with Gasteiger partial charge in [-0.05, 0) is 63.7 Å². The van der Waals surface area contributed by atoms with E-state index >= 15 is 0 Å². The normalized spacial score (nSPS) is 17.2. The number of hydrogen-bond donors (Lipinski definition) is 0. The van der Waals surface area contributed by atoms with Crippen molar-refractivity contribution in [3.63, 3.8) is 0 Å². The Morgan fingerprint density at radius 2 is 1.16 bits per heavy atom. The zero-order valence-electron chi connectivity index (χ0n) is 12.5. The lowest BCUT2D eigenvalue weighted by atomic mass is 9.84. The molecule has 122 valence electrons. The van der Waals surface area contributed by atoms with E-state index in [0.29, 0.717) is 26.5 Å². The Bertz CT molecular complexity index is 1320. The van der Waals surface area contributed by atoms with Gasteiger partial charge in [-0.2, -0.15) is 0 Å². The second kappa shape index (κ2) is 4.68. The van der Waals surface area contributed by atoms with Crippen molar-refractivity contribution < 1.29 is 0 Å². The molecule has 1 unspecified atom stereocenters. The van der Waals surface area contributed by atoms with Crippen LogP contribution >= 0.6 is 58.0 Å². The summed E-state index contributed by atoms with van der Waals surface area (Å²) >= 11 is 33.1. The maximum atomic E-state index is 6.71. The molecule has 0 amide bonds. The average molecular weight is 425 g/mol. The zero-order chi connectivity index (χ0) is 17.2. The van der Waals surface area contributed by atoms with E-state index in [1.807, 2.05) is 24.3 Å². The second-order valence-electron chi connectivity index (χ2n) is 6.69. The van der Waals surface area contributed by atoms with Gasteiger partial charge in [0.2, 0.25) is 0 Å². The molecule has 0 spiro atoms. The summed E-state index contributed by atoms with van der Waals surface area (Å²) in [6.07, 6.45) is 0.677. The maximum absolute atomic E-state index is 6.71. The van der Waals surface area contributed by atoms with E-state index in [2.05, 4.69) is 0 Å². The topological polar surface area (TPSA) is 0 Å². The van der Waals surface area contributed by atoms with E-state index in [1.165, 1.54) is 0 Å². The van der Waals surface area contributed by atoms with E-state index in [0.717, 1.165) is 54.6 Å². The molecule has 0 aliphatic heterocycles. The Morgan fingerprint density at radius 3 is 1.84 bits per heavy atom. The number of benzene rings is 4. The van der Waals surface area contributed by atoms with Gasteiger partial charge >= 0.3 is 0 Å². The quantitative estimate of drug-likeness (QED) is 0.172. The van der Waals surface area contributed by atoms with Gasteiger partial charge in [-0.3, -0.25) is 0 Å². The molecule has 0 nitrogen and oxygen atoms in total. The highest BCUT2D eigenvalue weighted by atomic mass is 35.5. The lowest BCUT2D eigenvalue weighted by Crippen LogP contribution is -2.07. The minimum atomic E-state index is -0.158. The molecule has 0 heterocycles. The summed E-state index contributed by atoms with van der Waals surface area (Å²) in [5.74, 6) is 0. The van der Waals surface area contributed by atoms with Gasteiger partial charge in [0.05, 0.1) is 5.38 Å². The minimum Gasteiger partial charge on any atom is -0.117 e. The fourth-order valence-electron chi connectivity index (χ4n) is 4.57. The number of alkyl halides is 1. The molecule has 5 heteroatoms. The fraction of sp³-hybridized carbons (Fsp3) is 0.100. The second-order valence-corrected chi connectivity index (χ2v) is 8.85. The monoisotopic (exact) mass is 422 g/mol. The fourth-order valence-corrected chi connectivity index (χ4v) is 5.96. The van der Waals surface area contributed by atoms with E-state index in [4.69, 9.17) is 58.0 Å². The molecule has 0 bridgehead atoms. The van der Waals surface area contributed by atoms with Crippen molar-refractivity contribution in [2.24, 2.45) is 0 Å². The van der Waals surface area contributed by atoms with Crippen LogP contribution in [0.3, 0.4) is 0 Å². The van der Waals surface area contributed by atoms with Gasteiger partial charge in [-0.15, -0.1) is 11.6 Å². The summed E-state index contributed by atoms with van der Waals surface area (Å²) in [6, 6.07) is 7.77. The Labute approximate surface area is 168 Å². The highest BCUT2D eigenvalue weighted by molar-refractivity contribution is 6.50. The molecule has 6 rings (SSSR count). The van der Waals surface area contributed by atoms with Crippen molar-refractivity contribution in [3.05, 3.63) is 55.5 Å². The molecule has 0 saturated heterocycles. The third-order valence-corrected chi connectivity index (χ3v) is 7.19. The molecular weight excluding hydrogens is 417 g/mol. The van der Waals surface area contributed by atoms with Gasteiger partial charge in [0.25, 0.3) is 0 Å². The van der Waals surface area contributed by atoms with E-state index in [9.17, 15) is 0 Å². The Morgan fingerprint density at radius 1 is 0.640 bits per heavy atom. The third-order valence-electron chi connectivity index (χ3n) is 5.52. The van der Waals surface area contributed by atoms with Crippen LogP contribution in [0.4, 0.5) is 0 Å². The van der Waals surface area contributed by atoms with E-state index in [-0.39, 0.29) is 5.38 Å². The van der Waals surface area contributed by atoms with Crippen LogP contribution in [0.25, 0.3) is 43.4 Å². The summed E-state index contributed by atoms with van der Waals surface area (Å²) in [5.41, 5.74) is 4.44. The lowest BCUT2D eigenvalue weighted by Gasteiger charge is -2.25. The molecule has 25 heavy (non-hydrogen) atoms. The summed E-state index contributed by atoms with van der Waals surface area (Å²) < 4.78 is 0. The van der Waals surface area contributed by atoms with Crippen LogP contribution in [0.2, 0.25) is 20.1 Å². The summed E-state index contributed by atoms with van der Waals surface area (Å²) in [4.78, 5) is 0. The number of hydrogen-bond acceptors (Lipinski definition) is 0. The first-order valence-electron chi connectivity index (χ1n) is 7.83. The molecule has 0 aromatic heterocycles. The van der Waals surface area contributed by atoms with Gasteiger partial charge in [-0.1, -0.05) is 46.4 Å². The molecule has 0 saturated carbocycles. The number of rotatable bonds is 0. The van der Waals surface area contributed by atoms with Crippen LogP contribution in [0, 0.1) is 0 Å². The third kappa shape index (κ3) is 1.65. The standard InChI is InChI=1S/C20H7Cl5/c21-11-1-6-12(22)3-8-14(24)5-10-15(25)4-9-13(23)2-7(11)17-16(6)18(8)20(10)19(9)17/h1-4,14H,5H2. The largest absolute Gasteiger partial charge is 0.117 e. The molecule has 0 N–H and O–H groups in total. The van der Waals surface area contributed by atoms with Crippen molar-refractivity contribution in [3.8, 4) is 11.1 Å². The van der Waals surface area contributed by atoms with E-state index < -0.39 is 0 Å². The molecule has 0 radical (unpaired) electrons. The van der Waals surface area contributed by atoms with Crippen LogP contribution in [0.1, 0.15) is 16.5 Å². The molecular formula is C20H7Cl5. The van der Waals surface area contributed by atoms with Crippen molar-refractivity contribution in [1.29, 1.82) is 0 Å². The van der Waals surface area contributed by atoms with Crippen molar-refractivity contribution in [2.45, 2.75) is 11.8 Å². The van der Waals surface area contributed by atoms with Gasteiger partial charge in [0.15, 0.2) is 0 Å². The van der Waals surface area contributed by atoms with Crippen molar-refractivity contribution in [1.82, 2.24) is 0 Å². The van der Waals surface area contributed by atoms with Crippen molar-refractivity contribution in [2.75, 3.05) is 0 Å². The van der Waals surface area contributed by atoms with Crippen LogP contribution in [-0.4, -0.2) is 0 Å². The Hall–Kier alpha value is -0.890. The van der Waals surface area contributed by atoms with Gasteiger partial charge < -0.3 is 0 Å². The first-order chi connectivity index (χ1) is 12.0. The molecule has 0 fully saturated rings. The average Bonchev–Trinajstić information content (AvgIpc) is 2.92. The lowest BCUT2D eigenvalue weighted by molar-refractivity contribution is 0.910. The maximum Gasteiger partial charge on any atom is 0.0633 e. The van der Waals surface area contributed by atoms with Crippen LogP contribution < -0.4 is 0 Å². The first kappa shape index (κ1) is 15.2. The Balaban J connectivity index is 2.09. The van der Waals surface area contributed by atoms with Crippen LogP contribution in [0.5, 0.6) is 0 Å². The summed E-state index contributed by atoms with van der Waals surface area (Å²) in [5, 5.41) is 8.73. The first-order valence-corrected chi connectivity index (χ1v) is 9.78. The van der Waals surface area contributed by atoms with Gasteiger partial charge in [0.1, 0.15) is 0 Å². The zero-order valence-corrected chi connectivity index (χ0v) is 16.3. The van der Waals surface area contributed by atoms with Crippen molar-refractivity contribution >= 4 is 90.3 Å². The van der Waals surface area contributed by atoms with E-state index in [1.54, 1.807) is 0 Å². The predicted molar refractivity (Wildman–Crippen MR) is 110 cm³/mol. The Kier molecular flexibility index (Phi) is 2.85. The molecule has 4 aromatic rings. The predicted octanol–water partition coefficient (Wildman–Crippen LogP) is 8.58. The van der Waals surface area contributed by atoms with Crippen LogP contribution in [-0.2, 0) is 6.42 Å². The minimum absolute atomic E-state index is 0.158. The molecule has 2 aliphatic rings. The molecule has 2 aliphatic carbocycles. The summed E-state index contributed by atoms with van der Waals surface area (Å²) in [6.45, 7) is 0. The van der Waals surface area contributed by atoms with Crippen LogP contribution in [0.15, 0.2) is 24.3 Å². The molecule has 4 aromatic carbocycles. The van der Waals surface area contributed by atoms with Gasteiger partial charge in [-0.25, -0.2) is 0 Å². The highest BCUT2D eigenvalue weighted by Gasteiger charge is 2.35.